The number of hydrogen-bond acceptors (Lipinski definition) is 4. The van der Waals surface area contributed by atoms with Gasteiger partial charge < -0.3 is 9.35 Å². The van der Waals surface area contributed by atoms with Crippen LogP contribution in [0.25, 0.3) is 0 Å². The monoisotopic (exact) mass is 644 g/mol. The van der Waals surface area contributed by atoms with E-state index in [1.54, 1.807) is 0 Å². The predicted octanol–water partition coefficient (Wildman–Crippen LogP) is 10.0. The summed E-state index contributed by atoms with van der Waals surface area (Å²) in [4.78, 5) is 0. The van der Waals surface area contributed by atoms with E-state index < -0.39 is 16.5 Å². The van der Waals surface area contributed by atoms with Gasteiger partial charge in [-0.05, 0) is 53.4 Å². The first-order chi connectivity index (χ1) is 22.0. The lowest BCUT2D eigenvalue weighted by molar-refractivity contribution is 0.292. The van der Waals surface area contributed by atoms with Gasteiger partial charge in [-0.2, -0.15) is 10.2 Å². The van der Waals surface area contributed by atoms with E-state index in [1.165, 1.54) is 33.7 Å². The molecule has 0 aliphatic heterocycles. The summed E-state index contributed by atoms with van der Waals surface area (Å²) < 4.78 is 4.88. The largest absolute Gasteiger partial charge is 0.320 e. The van der Waals surface area contributed by atoms with Crippen molar-refractivity contribution in [1.82, 2.24) is 9.35 Å². The first-order valence-corrected chi connectivity index (χ1v) is 23.7. The first kappa shape index (κ1) is 33.6. The van der Waals surface area contributed by atoms with Gasteiger partial charge in [0, 0.05) is 17.8 Å². The highest BCUT2D eigenvalue weighted by atomic mass is 28.3. The Kier molecular flexibility index (Phi) is 10.8. The maximum Gasteiger partial charge on any atom is 0.169 e. The molecule has 1 aliphatic rings. The molecule has 5 rings (SSSR count). The van der Waals surface area contributed by atoms with Gasteiger partial charge in [-0.3, -0.25) is 0 Å². The van der Waals surface area contributed by atoms with Crippen molar-refractivity contribution in [2.75, 3.05) is 0 Å². The third-order valence-corrected chi connectivity index (χ3v) is 12.4. The molecule has 0 saturated heterocycles. The lowest BCUT2D eigenvalue weighted by atomic mass is 9.66. The molecule has 4 aromatic carbocycles. The Hall–Kier alpha value is -3.75. The van der Waals surface area contributed by atoms with Crippen LogP contribution in [-0.4, -0.2) is 37.2 Å². The molecule has 0 amide bonds. The van der Waals surface area contributed by atoms with Crippen LogP contribution < -0.4 is 0 Å². The number of hydrogen-bond donors (Lipinski definition) is 0. The fraction of sp³-hybridized carbons (Fsp3) is 0.350. The van der Waals surface area contributed by atoms with Crippen molar-refractivity contribution in [1.29, 1.82) is 0 Å². The Labute approximate surface area is 280 Å². The van der Waals surface area contributed by atoms with Gasteiger partial charge in [0.15, 0.2) is 16.5 Å². The molecule has 240 valence electrons. The highest BCUT2D eigenvalue weighted by molar-refractivity contribution is 6.73. The van der Waals surface area contributed by atoms with Crippen LogP contribution in [0.1, 0.15) is 41.5 Å². The lowest BCUT2D eigenvalue weighted by Crippen LogP contribution is -2.46. The molecule has 4 aromatic rings. The fourth-order valence-electron chi connectivity index (χ4n) is 6.50. The van der Waals surface area contributed by atoms with Crippen LogP contribution in [0.2, 0.25) is 39.3 Å². The SMILES string of the molecule is C[Si](C)(C)N(Cc1ccccc1)/N=C1\C/C(=N\N(Cc2ccccc2)[Si](C)(C)C)CC(Cc2ccccc2)(Cc2ccccc2)C1. The van der Waals surface area contributed by atoms with Crippen molar-refractivity contribution in [3.63, 3.8) is 0 Å². The first-order valence-electron chi connectivity index (χ1n) is 16.8. The average molecular weight is 645 g/mol. The van der Waals surface area contributed by atoms with Crippen LogP contribution in [0.5, 0.6) is 0 Å². The van der Waals surface area contributed by atoms with Gasteiger partial charge >= 0.3 is 0 Å². The van der Waals surface area contributed by atoms with Gasteiger partial charge in [0.2, 0.25) is 0 Å². The average Bonchev–Trinajstić information content (AvgIpc) is 3.01. The summed E-state index contributed by atoms with van der Waals surface area (Å²) >= 11 is 0. The van der Waals surface area contributed by atoms with Crippen LogP contribution in [0, 0.1) is 5.41 Å². The second kappa shape index (κ2) is 14.8. The molecular weight excluding hydrogens is 593 g/mol. The van der Waals surface area contributed by atoms with Crippen LogP contribution in [0.4, 0.5) is 0 Å². The van der Waals surface area contributed by atoms with Crippen molar-refractivity contribution in [3.05, 3.63) is 144 Å². The normalized spacial score (nSPS) is 16.8. The van der Waals surface area contributed by atoms with E-state index in [4.69, 9.17) is 10.2 Å². The molecule has 0 aromatic heterocycles. The highest BCUT2D eigenvalue weighted by Gasteiger charge is 2.39. The Morgan fingerprint density at radius 2 is 0.783 bits per heavy atom. The van der Waals surface area contributed by atoms with E-state index in [-0.39, 0.29) is 5.41 Å². The van der Waals surface area contributed by atoms with Crippen LogP contribution in [-0.2, 0) is 25.9 Å². The molecular formula is C40H52N4Si2. The van der Waals surface area contributed by atoms with E-state index in [1.807, 2.05) is 0 Å². The number of benzene rings is 4. The minimum Gasteiger partial charge on any atom is -0.320 e. The van der Waals surface area contributed by atoms with Gasteiger partial charge in [-0.25, -0.2) is 0 Å². The smallest absolute Gasteiger partial charge is 0.169 e. The summed E-state index contributed by atoms with van der Waals surface area (Å²) in [5.74, 6) is 0. The van der Waals surface area contributed by atoms with Gasteiger partial charge in [-0.15, -0.1) is 0 Å². The van der Waals surface area contributed by atoms with Crippen molar-refractivity contribution in [2.45, 2.75) is 84.5 Å². The van der Waals surface area contributed by atoms with E-state index in [9.17, 15) is 0 Å². The highest BCUT2D eigenvalue weighted by Crippen LogP contribution is 2.41. The van der Waals surface area contributed by atoms with Gasteiger partial charge in [0.05, 0.1) is 13.1 Å². The molecule has 1 saturated carbocycles. The summed E-state index contributed by atoms with van der Waals surface area (Å²) in [7, 11) is -3.56. The summed E-state index contributed by atoms with van der Waals surface area (Å²) in [6, 6.07) is 43.8. The fourth-order valence-corrected chi connectivity index (χ4v) is 8.70. The van der Waals surface area contributed by atoms with Crippen LogP contribution in [0.3, 0.4) is 0 Å². The quantitative estimate of drug-likeness (QED) is 0.114. The zero-order valence-electron chi connectivity index (χ0n) is 28.8. The molecule has 0 atom stereocenters. The molecule has 1 fully saturated rings. The molecule has 46 heavy (non-hydrogen) atoms. The summed E-state index contributed by atoms with van der Waals surface area (Å²) in [6.45, 7) is 16.1. The third-order valence-electron chi connectivity index (χ3n) is 8.83. The van der Waals surface area contributed by atoms with E-state index in [0.717, 1.165) is 45.2 Å². The second-order valence-corrected chi connectivity index (χ2v) is 24.8. The van der Waals surface area contributed by atoms with Gasteiger partial charge in [-0.1, -0.05) is 161 Å². The van der Waals surface area contributed by atoms with Crippen LogP contribution in [0.15, 0.2) is 132 Å². The zero-order chi connectivity index (χ0) is 32.6. The maximum atomic E-state index is 5.61. The zero-order valence-corrected chi connectivity index (χ0v) is 30.8. The Bertz CT molecular complexity index is 1450. The van der Waals surface area contributed by atoms with E-state index in [0.29, 0.717) is 0 Å². The molecule has 6 heteroatoms. The molecule has 0 N–H and O–H groups in total. The molecule has 0 heterocycles. The predicted molar refractivity (Wildman–Crippen MR) is 202 cm³/mol. The standard InChI is InChI=1S/C40H52N4Si2/c1-45(2,3)43(32-36-23-15-9-16-24-36)41-38-27-39(42-44(46(4,5)6)33-37-25-17-10-18-26-37)31-40(30-38,28-34-19-11-7-12-20-34)29-35-21-13-8-14-22-35/h7-26H,27-33H2,1-6H3/b41-38+,42-39+. The molecule has 0 radical (unpaired) electrons. The summed E-state index contributed by atoms with van der Waals surface area (Å²) in [5.41, 5.74) is 7.91. The van der Waals surface area contributed by atoms with Crippen molar-refractivity contribution >= 4 is 27.9 Å². The Balaban J connectivity index is 1.60. The summed E-state index contributed by atoms with van der Waals surface area (Å²) in [6.07, 6.45) is 4.77. The second-order valence-electron chi connectivity index (χ2n) is 15.1. The number of hydrazone groups is 2. The van der Waals surface area contributed by atoms with Gasteiger partial charge in [0.25, 0.3) is 0 Å². The molecule has 0 spiro atoms. The van der Waals surface area contributed by atoms with E-state index in [2.05, 4.69) is 170 Å². The topological polar surface area (TPSA) is 31.2 Å². The molecule has 4 nitrogen and oxygen atoms in total. The molecule has 0 unspecified atom stereocenters. The molecule has 1 aliphatic carbocycles. The van der Waals surface area contributed by atoms with Crippen molar-refractivity contribution < 1.29 is 0 Å². The van der Waals surface area contributed by atoms with E-state index >= 15 is 0 Å². The third kappa shape index (κ3) is 9.63. The maximum absolute atomic E-state index is 5.61. The minimum absolute atomic E-state index is 0.0195. The molecule has 0 bridgehead atoms. The van der Waals surface area contributed by atoms with Crippen molar-refractivity contribution in [3.8, 4) is 0 Å². The number of rotatable bonds is 12. The Morgan fingerprint density at radius 1 is 0.478 bits per heavy atom. The van der Waals surface area contributed by atoms with Gasteiger partial charge in [0.1, 0.15) is 0 Å². The van der Waals surface area contributed by atoms with Crippen LogP contribution >= 0.6 is 0 Å². The Morgan fingerprint density at radius 3 is 1.09 bits per heavy atom. The lowest BCUT2D eigenvalue weighted by Gasteiger charge is -2.42. The number of nitrogens with zero attached hydrogens (tertiary/aromatic N) is 4. The van der Waals surface area contributed by atoms with Crippen molar-refractivity contribution in [2.24, 2.45) is 15.6 Å². The minimum atomic E-state index is -1.78. The summed E-state index contributed by atoms with van der Waals surface area (Å²) in [5, 5.41) is 11.2.